The Morgan fingerprint density at radius 1 is 1.35 bits per heavy atom. The van der Waals surface area contributed by atoms with Gasteiger partial charge in [-0.2, -0.15) is 5.10 Å². The largest absolute Gasteiger partial charge is 0.396 e. The van der Waals surface area contributed by atoms with Gasteiger partial charge in [-0.3, -0.25) is 9.59 Å². The molecular formula is C14H17N3O3. The van der Waals surface area contributed by atoms with Gasteiger partial charge in [0.15, 0.2) is 0 Å². The van der Waals surface area contributed by atoms with E-state index >= 15 is 0 Å². The summed E-state index contributed by atoms with van der Waals surface area (Å²) >= 11 is 0. The lowest BCUT2D eigenvalue weighted by molar-refractivity contribution is -0.130. The normalized spacial score (nSPS) is 15.0. The minimum Gasteiger partial charge on any atom is -0.396 e. The maximum Gasteiger partial charge on any atom is 0.271 e. The van der Waals surface area contributed by atoms with Crippen molar-refractivity contribution in [3.8, 4) is 0 Å². The number of amides is 2. The van der Waals surface area contributed by atoms with Crippen LogP contribution in [0, 0.1) is 0 Å². The molecule has 0 saturated heterocycles. The molecule has 0 bridgehead atoms. The third-order valence-electron chi connectivity index (χ3n) is 3.08. The van der Waals surface area contributed by atoms with Crippen molar-refractivity contribution < 1.29 is 14.7 Å². The van der Waals surface area contributed by atoms with Gasteiger partial charge in [-0.15, -0.1) is 0 Å². The summed E-state index contributed by atoms with van der Waals surface area (Å²) in [7, 11) is 1.54. The van der Waals surface area contributed by atoms with Gasteiger partial charge in [0.2, 0.25) is 5.91 Å². The Morgan fingerprint density at radius 3 is 2.65 bits per heavy atom. The minimum absolute atomic E-state index is 0.0880. The van der Waals surface area contributed by atoms with Crippen molar-refractivity contribution in [3.05, 3.63) is 29.8 Å². The highest BCUT2D eigenvalue weighted by Gasteiger charge is 2.21. The Balaban J connectivity index is 2.01. The summed E-state index contributed by atoms with van der Waals surface area (Å²) in [5, 5.41) is 16.7. The first-order valence-corrected chi connectivity index (χ1v) is 6.45. The zero-order chi connectivity index (χ0) is 14.5. The van der Waals surface area contributed by atoms with E-state index in [2.05, 4.69) is 10.4 Å². The third-order valence-corrected chi connectivity index (χ3v) is 3.08. The van der Waals surface area contributed by atoms with Gasteiger partial charge in [-0.1, -0.05) is 12.1 Å². The molecule has 6 heteroatoms. The van der Waals surface area contributed by atoms with Crippen molar-refractivity contribution in [1.82, 2.24) is 5.01 Å². The molecule has 1 heterocycles. The first kappa shape index (κ1) is 14.2. The van der Waals surface area contributed by atoms with Crippen molar-refractivity contribution in [3.63, 3.8) is 0 Å². The second-order valence-corrected chi connectivity index (χ2v) is 4.59. The Bertz CT molecular complexity index is 537. The van der Waals surface area contributed by atoms with Crippen molar-refractivity contribution in [2.75, 3.05) is 19.0 Å². The predicted octanol–water partition coefficient (Wildman–Crippen LogP) is 0.768. The number of rotatable bonds is 4. The van der Waals surface area contributed by atoms with E-state index in [1.54, 1.807) is 19.2 Å². The zero-order valence-corrected chi connectivity index (χ0v) is 11.3. The molecule has 0 aliphatic carbocycles. The first-order chi connectivity index (χ1) is 9.60. The number of hydrazone groups is 1. The molecule has 0 unspecified atom stereocenters. The molecule has 1 aromatic carbocycles. The number of hydrogen-bond acceptors (Lipinski definition) is 4. The van der Waals surface area contributed by atoms with Crippen LogP contribution in [0.2, 0.25) is 0 Å². The second kappa shape index (κ2) is 6.29. The standard InChI is InChI=1S/C14H17N3O3/c1-17-13(19)7-6-12(16-17)14(20)15-11-4-2-10(3-5-11)8-9-18/h2-5,18H,6-9H2,1H3,(H,15,20). The van der Waals surface area contributed by atoms with Crippen LogP contribution in [0.3, 0.4) is 0 Å². The van der Waals surface area contributed by atoms with Crippen LogP contribution < -0.4 is 5.32 Å². The Labute approximate surface area is 117 Å². The van der Waals surface area contributed by atoms with Crippen molar-refractivity contribution >= 4 is 23.2 Å². The summed E-state index contributed by atoms with van der Waals surface area (Å²) in [5.74, 6) is -0.380. The van der Waals surface area contributed by atoms with Gasteiger partial charge in [-0.05, 0) is 24.1 Å². The van der Waals surface area contributed by atoms with Gasteiger partial charge in [0, 0.05) is 32.2 Å². The number of benzene rings is 1. The van der Waals surface area contributed by atoms with Crippen LogP contribution in [0.4, 0.5) is 5.69 Å². The highest BCUT2D eigenvalue weighted by atomic mass is 16.3. The second-order valence-electron chi connectivity index (χ2n) is 4.59. The fraction of sp³-hybridized carbons (Fsp3) is 0.357. The van der Waals surface area contributed by atoms with Crippen LogP contribution in [0.15, 0.2) is 29.4 Å². The fourth-order valence-corrected chi connectivity index (χ4v) is 1.92. The molecule has 0 atom stereocenters. The third kappa shape index (κ3) is 3.42. The lowest BCUT2D eigenvalue weighted by Gasteiger charge is -2.18. The highest BCUT2D eigenvalue weighted by molar-refractivity contribution is 6.43. The zero-order valence-electron chi connectivity index (χ0n) is 11.3. The van der Waals surface area contributed by atoms with Crippen LogP contribution in [0.25, 0.3) is 0 Å². The van der Waals surface area contributed by atoms with Gasteiger partial charge in [0.1, 0.15) is 5.71 Å². The molecule has 1 aromatic rings. The Morgan fingerprint density at radius 2 is 2.05 bits per heavy atom. The summed E-state index contributed by atoms with van der Waals surface area (Å²) in [6, 6.07) is 7.26. The number of carbonyl (C=O) groups excluding carboxylic acids is 2. The van der Waals surface area contributed by atoms with Crippen LogP contribution >= 0.6 is 0 Å². The molecule has 1 aliphatic heterocycles. The molecule has 2 rings (SSSR count). The van der Waals surface area contributed by atoms with Crippen molar-refractivity contribution in [2.45, 2.75) is 19.3 Å². The van der Waals surface area contributed by atoms with Gasteiger partial charge in [0.05, 0.1) is 0 Å². The van der Waals surface area contributed by atoms with Crippen LogP contribution in [0.1, 0.15) is 18.4 Å². The molecule has 0 aromatic heterocycles. The molecule has 2 N–H and O–H groups in total. The quantitative estimate of drug-likeness (QED) is 0.851. The molecule has 2 amide bonds. The van der Waals surface area contributed by atoms with E-state index in [1.165, 1.54) is 5.01 Å². The number of aliphatic hydroxyl groups excluding tert-OH is 1. The van der Waals surface area contributed by atoms with E-state index in [-0.39, 0.29) is 18.4 Å². The minimum atomic E-state index is -0.292. The van der Waals surface area contributed by atoms with E-state index in [1.807, 2.05) is 12.1 Å². The lowest BCUT2D eigenvalue weighted by atomic mass is 10.1. The summed E-state index contributed by atoms with van der Waals surface area (Å²) in [6.07, 6.45) is 1.25. The molecule has 20 heavy (non-hydrogen) atoms. The fourth-order valence-electron chi connectivity index (χ4n) is 1.92. The van der Waals surface area contributed by atoms with Crippen LogP contribution in [-0.4, -0.2) is 41.3 Å². The summed E-state index contributed by atoms with van der Waals surface area (Å²) in [5.41, 5.74) is 2.02. The topological polar surface area (TPSA) is 82.0 Å². The van der Waals surface area contributed by atoms with Crippen molar-refractivity contribution in [1.29, 1.82) is 0 Å². The molecule has 0 saturated carbocycles. The number of aliphatic hydroxyl groups is 1. The summed E-state index contributed by atoms with van der Waals surface area (Å²) < 4.78 is 0. The van der Waals surface area contributed by atoms with E-state index in [4.69, 9.17) is 5.11 Å². The van der Waals surface area contributed by atoms with Gasteiger partial charge in [0.25, 0.3) is 5.91 Å². The van der Waals surface area contributed by atoms with Gasteiger partial charge in [-0.25, -0.2) is 5.01 Å². The maximum absolute atomic E-state index is 12.0. The van der Waals surface area contributed by atoms with E-state index in [0.717, 1.165) is 5.56 Å². The molecule has 106 valence electrons. The number of nitrogens with zero attached hydrogens (tertiary/aromatic N) is 2. The smallest absolute Gasteiger partial charge is 0.271 e. The average Bonchev–Trinajstić information content (AvgIpc) is 2.44. The van der Waals surface area contributed by atoms with Gasteiger partial charge >= 0.3 is 0 Å². The summed E-state index contributed by atoms with van der Waals surface area (Å²) in [4.78, 5) is 23.3. The molecule has 0 fully saturated rings. The monoisotopic (exact) mass is 275 g/mol. The number of hydrogen-bond donors (Lipinski definition) is 2. The Kier molecular flexibility index (Phi) is 4.47. The highest BCUT2D eigenvalue weighted by Crippen LogP contribution is 2.12. The van der Waals surface area contributed by atoms with Crippen molar-refractivity contribution in [2.24, 2.45) is 5.10 Å². The average molecular weight is 275 g/mol. The van der Waals surface area contributed by atoms with Gasteiger partial charge < -0.3 is 10.4 Å². The lowest BCUT2D eigenvalue weighted by Crippen LogP contribution is -2.34. The molecular weight excluding hydrogens is 258 g/mol. The van der Waals surface area contributed by atoms with E-state index in [0.29, 0.717) is 30.7 Å². The number of nitrogens with one attached hydrogen (secondary N) is 1. The predicted molar refractivity (Wildman–Crippen MR) is 75.3 cm³/mol. The van der Waals surface area contributed by atoms with E-state index < -0.39 is 0 Å². The molecule has 0 radical (unpaired) electrons. The number of carbonyl (C=O) groups is 2. The first-order valence-electron chi connectivity index (χ1n) is 6.45. The number of anilines is 1. The Hall–Kier alpha value is -2.21. The van der Waals surface area contributed by atoms with Crippen LogP contribution in [0.5, 0.6) is 0 Å². The summed E-state index contributed by atoms with van der Waals surface area (Å²) in [6.45, 7) is 0.100. The van der Waals surface area contributed by atoms with Crippen LogP contribution in [-0.2, 0) is 16.0 Å². The molecule has 6 nitrogen and oxygen atoms in total. The maximum atomic E-state index is 12.0. The molecule has 0 spiro atoms. The SMILES string of the molecule is CN1N=C(C(=O)Nc2ccc(CCO)cc2)CCC1=O. The van der Waals surface area contributed by atoms with E-state index in [9.17, 15) is 9.59 Å². The molecule has 1 aliphatic rings.